The molecule has 1 rings (SSSR count). The molecule has 74 valence electrons. The molecule has 2 atom stereocenters. The highest BCUT2D eigenvalue weighted by molar-refractivity contribution is 5.07. The van der Waals surface area contributed by atoms with Crippen LogP contribution >= 0.6 is 0 Å². The Balaban J connectivity index is 2.82. The second kappa shape index (κ2) is 3.89. The number of rotatable bonds is 3. The van der Waals surface area contributed by atoms with Gasteiger partial charge in [0.2, 0.25) is 5.89 Å². The number of aryl methyl sites for hydroxylation is 2. The van der Waals surface area contributed by atoms with Crippen LogP contribution in [-0.4, -0.2) is 16.1 Å². The summed E-state index contributed by atoms with van der Waals surface area (Å²) in [5.41, 5.74) is 6.46. The van der Waals surface area contributed by atoms with E-state index in [9.17, 15) is 5.11 Å². The summed E-state index contributed by atoms with van der Waals surface area (Å²) in [5.74, 6) is 1.06. The van der Waals surface area contributed by atoms with Gasteiger partial charge in [0.25, 0.3) is 0 Å². The monoisotopic (exact) mass is 184 g/mol. The van der Waals surface area contributed by atoms with E-state index in [0.29, 0.717) is 12.3 Å². The lowest BCUT2D eigenvalue weighted by Gasteiger charge is -2.12. The largest absolute Gasteiger partial charge is 0.443 e. The Labute approximate surface area is 77.8 Å². The van der Waals surface area contributed by atoms with E-state index in [1.807, 2.05) is 20.8 Å². The second-order valence-corrected chi connectivity index (χ2v) is 3.21. The van der Waals surface area contributed by atoms with Crippen LogP contribution in [-0.2, 0) is 0 Å². The second-order valence-electron chi connectivity index (χ2n) is 3.21. The summed E-state index contributed by atoms with van der Waals surface area (Å²) in [6, 6.07) is -0.308. The summed E-state index contributed by atoms with van der Waals surface area (Å²) in [7, 11) is 0. The van der Waals surface area contributed by atoms with Crippen LogP contribution in [0.5, 0.6) is 0 Å². The van der Waals surface area contributed by atoms with Gasteiger partial charge < -0.3 is 15.3 Å². The number of aliphatic hydroxyl groups excluding tert-OH is 1. The highest BCUT2D eigenvalue weighted by Gasteiger charge is 2.20. The maximum absolute atomic E-state index is 9.65. The predicted molar refractivity (Wildman–Crippen MR) is 49.2 cm³/mol. The van der Waals surface area contributed by atoms with Crippen molar-refractivity contribution in [3.05, 3.63) is 17.3 Å². The molecule has 0 aromatic carbocycles. The molecule has 0 saturated heterocycles. The van der Waals surface area contributed by atoms with Crippen LogP contribution < -0.4 is 5.73 Å². The Kier molecular flexibility index (Phi) is 3.06. The maximum Gasteiger partial charge on any atom is 0.225 e. The molecule has 2 unspecified atom stereocenters. The molecule has 0 radical (unpaired) electrons. The predicted octanol–water partition coefficient (Wildman–Crippen LogP) is 1.06. The normalized spacial score (nSPS) is 15.8. The molecule has 0 amide bonds. The molecule has 1 aromatic rings. The van der Waals surface area contributed by atoms with Gasteiger partial charge in [-0.3, -0.25) is 0 Å². The fourth-order valence-electron chi connectivity index (χ4n) is 1.03. The molecule has 0 bridgehead atoms. The fraction of sp³-hybridized carbons (Fsp3) is 0.667. The minimum Gasteiger partial charge on any atom is -0.443 e. The summed E-state index contributed by atoms with van der Waals surface area (Å²) < 4.78 is 5.26. The number of nitrogens with zero attached hydrogens (tertiary/aromatic N) is 1. The number of aliphatic hydroxyl groups is 1. The number of nitrogens with two attached hydrogens (primary N) is 1. The van der Waals surface area contributed by atoms with Crippen LogP contribution in [0, 0.1) is 13.8 Å². The summed E-state index contributed by atoms with van der Waals surface area (Å²) in [4.78, 5) is 4.08. The van der Waals surface area contributed by atoms with E-state index in [-0.39, 0.29) is 6.04 Å². The standard InChI is InChI=1S/C9H16N2O2/c1-4-7(10)8(12)9-11-5(2)6(3)13-9/h7-8,12H,4,10H2,1-3H3. The Morgan fingerprint density at radius 3 is 2.54 bits per heavy atom. The summed E-state index contributed by atoms with van der Waals surface area (Å²) >= 11 is 0. The van der Waals surface area contributed by atoms with E-state index in [1.54, 1.807) is 0 Å². The first-order chi connectivity index (χ1) is 6.06. The lowest BCUT2D eigenvalue weighted by molar-refractivity contribution is 0.112. The molecule has 0 spiro atoms. The van der Waals surface area contributed by atoms with Gasteiger partial charge in [0.15, 0.2) is 0 Å². The van der Waals surface area contributed by atoms with Crippen molar-refractivity contribution < 1.29 is 9.52 Å². The average Bonchev–Trinajstić information content (AvgIpc) is 2.44. The minimum atomic E-state index is -0.794. The summed E-state index contributed by atoms with van der Waals surface area (Å²) in [6.45, 7) is 5.57. The summed E-state index contributed by atoms with van der Waals surface area (Å²) in [6.07, 6.45) is -0.0980. The quantitative estimate of drug-likeness (QED) is 0.736. The molecular formula is C9H16N2O2. The van der Waals surface area contributed by atoms with E-state index in [4.69, 9.17) is 10.2 Å². The van der Waals surface area contributed by atoms with Gasteiger partial charge in [0.1, 0.15) is 11.9 Å². The zero-order valence-electron chi connectivity index (χ0n) is 8.24. The molecular weight excluding hydrogens is 168 g/mol. The SMILES string of the molecule is CCC(N)C(O)c1nc(C)c(C)o1. The highest BCUT2D eigenvalue weighted by Crippen LogP contribution is 2.19. The molecule has 1 aromatic heterocycles. The minimum absolute atomic E-state index is 0.308. The van der Waals surface area contributed by atoms with Crippen molar-refractivity contribution in [1.29, 1.82) is 0 Å². The molecule has 0 fully saturated rings. The van der Waals surface area contributed by atoms with Gasteiger partial charge in [0, 0.05) is 6.04 Å². The van der Waals surface area contributed by atoms with Crippen LogP contribution in [0.1, 0.15) is 36.8 Å². The Morgan fingerprint density at radius 1 is 1.54 bits per heavy atom. The van der Waals surface area contributed by atoms with Crippen molar-refractivity contribution in [3.8, 4) is 0 Å². The van der Waals surface area contributed by atoms with Crippen molar-refractivity contribution in [2.75, 3.05) is 0 Å². The van der Waals surface area contributed by atoms with E-state index in [2.05, 4.69) is 4.98 Å². The van der Waals surface area contributed by atoms with Gasteiger partial charge in [-0.2, -0.15) is 0 Å². The third-order valence-electron chi connectivity index (χ3n) is 2.18. The molecule has 13 heavy (non-hydrogen) atoms. The first-order valence-electron chi connectivity index (χ1n) is 4.43. The zero-order chi connectivity index (χ0) is 10.0. The average molecular weight is 184 g/mol. The molecule has 0 aliphatic heterocycles. The van der Waals surface area contributed by atoms with Crippen molar-refractivity contribution in [2.45, 2.75) is 39.3 Å². The van der Waals surface area contributed by atoms with Gasteiger partial charge in [0.05, 0.1) is 5.69 Å². The number of hydrogen-bond donors (Lipinski definition) is 2. The van der Waals surface area contributed by atoms with E-state index >= 15 is 0 Å². The van der Waals surface area contributed by atoms with Crippen molar-refractivity contribution in [2.24, 2.45) is 5.73 Å². The van der Waals surface area contributed by atoms with Gasteiger partial charge in [-0.1, -0.05) is 6.92 Å². The fourth-order valence-corrected chi connectivity index (χ4v) is 1.03. The van der Waals surface area contributed by atoms with Gasteiger partial charge in [-0.25, -0.2) is 4.98 Å². The molecule has 0 aliphatic carbocycles. The third-order valence-corrected chi connectivity index (χ3v) is 2.18. The van der Waals surface area contributed by atoms with E-state index in [0.717, 1.165) is 11.5 Å². The molecule has 1 heterocycles. The van der Waals surface area contributed by atoms with E-state index in [1.165, 1.54) is 0 Å². The Morgan fingerprint density at radius 2 is 2.15 bits per heavy atom. The zero-order valence-corrected chi connectivity index (χ0v) is 8.24. The molecule has 0 saturated carbocycles. The third kappa shape index (κ3) is 2.08. The highest BCUT2D eigenvalue weighted by atomic mass is 16.4. The Bertz CT molecular complexity index is 264. The molecule has 3 N–H and O–H groups in total. The van der Waals surface area contributed by atoms with Gasteiger partial charge >= 0.3 is 0 Å². The maximum atomic E-state index is 9.65. The smallest absolute Gasteiger partial charge is 0.225 e. The van der Waals surface area contributed by atoms with Crippen LogP contribution in [0.15, 0.2) is 4.42 Å². The van der Waals surface area contributed by atoms with Crippen LogP contribution in [0.4, 0.5) is 0 Å². The molecule has 4 nitrogen and oxygen atoms in total. The van der Waals surface area contributed by atoms with Crippen molar-refractivity contribution in [1.82, 2.24) is 4.98 Å². The lowest BCUT2D eigenvalue weighted by Crippen LogP contribution is -2.27. The van der Waals surface area contributed by atoms with Crippen LogP contribution in [0.25, 0.3) is 0 Å². The molecule has 0 aliphatic rings. The first kappa shape index (κ1) is 10.2. The first-order valence-corrected chi connectivity index (χ1v) is 4.43. The van der Waals surface area contributed by atoms with Gasteiger partial charge in [-0.05, 0) is 20.3 Å². The molecule has 4 heteroatoms. The van der Waals surface area contributed by atoms with Crippen molar-refractivity contribution in [3.63, 3.8) is 0 Å². The van der Waals surface area contributed by atoms with Crippen molar-refractivity contribution >= 4 is 0 Å². The van der Waals surface area contributed by atoms with Gasteiger partial charge in [-0.15, -0.1) is 0 Å². The number of oxazole rings is 1. The van der Waals surface area contributed by atoms with E-state index < -0.39 is 6.10 Å². The lowest BCUT2D eigenvalue weighted by atomic mass is 10.1. The number of aromatic nitrogens is 1. The van der Waals surface area contributed by atoms with Crippen LogP contribution in [0.2, 0.25) is 0 Å². The summed E-state index contributed by atoms with van der Waals surface area (Å²) in [5, 5.41) is 9.65. The Hall–Kier alpha value is -0.870. The number of hydrogen-bond acceptors (Lipinski definition) is 4. The van der Waals surface area contributed by atoms with Crippen LogP contribution in [0.3, 0.4) is 0 Å². The topological polar surface area (TPSA) is 72.3 Å².